The van der Waals surface area contributed by atoms with Gasteiger partial charge in [-0.15, -0.1) is 0 Å². The SMILES string of the molecule is Cc1c(C)c(C)c2c(cc3n2C(C)CNC3C)c1C. The molecule has 0 amide bonds. The summed E-state index contributed by atoms with van der Waals surface area (Å²) >= 11 is 0. The molecule has 2 heteroatoms. The van der Waals surface area contributed by atoms with E-state index in [-0.39, 0.29) is 0 Å². The quantitative estimate of drug-likeness (QED) is 0.751. The van der Waals surface area contributed by atoms with Crippen LogP contribution in [0.15, 0.2) is 6.07 Å². The normalized spacial score (nSPS) is 22.8. The minimum Gasteiger partial charge on any atom is -0.339 e. The highest BCUT2D eigenvalue weighted by Gasteiger charge is 2.25. The Morgan fingerprint density at radius 2 is 1.63 bits per heavy atom. The van der Waals surface area contributed by atoms with Gasteiger partial charge >= 0.3 is 0 Å². The van der Waals surface area contributed by atoms with Crippen molar-refractivity contribution in [1.82, 2.24) is 9.88 Å². The Hall–Kier alpha value is -1.28. The van der Waals surface area contributed by atoms with Gasteiger partial charge in [-0.1, -0.05) is 0 Å². The maximum absolute atomic E-state index is 3.60. The molecule has 2 unspecified atom stereocenters. The van der Waals surface area contributed by atoms with Crippen LogP contribution >= 0.6 is 0 Å². The number of benzene rings is 1. The highest BCUT2D eigenvalue weighted by Crippen LogP contribution is 2.37. The highest BCUT2D eigenvalue weighted by molar-refractivity contribution is 5.90. The first-order valence-electron chi connectivity index (χ1n) is 7.28. The van der Waals surface area contributed by atoms with Gasteiger partial charge in [0.2, 0.25) is 0 Å². The molecule has 3 rings (SSSR count). The third-order valence-electron chi connectivity index (χ3n) is 5.12. The Kier molecular flexibility index (Phi) is 2.75. The lowest BCUT2D eigenvalue weighted by Crippen LogP contribution is -2.34. The van der Waals surface area contributed by atoms with Gasteiger partial charge in [-0.3, -0.25) is 0 Å². The summed E-state index contributed by atoms with van der Waals surface area (Å²) in [7, 11) is 0. The number of aryl methyl sites for hydroxylation is 2. The van der Waals surface area contributed by atoms with Gasteiger partial charge < -0.3 is 9.88 Å². The number of nitrogens with zero attached hydrogens (tertiary/aromatic N) is 1. The fraction of sp³-hybridized carbons (Fsp3) is 0.529. The van der Waals surface area contributed by atoms with Crippen molar-refractivity contribution < 1.29 is 0 Å². The molecule has 0 fully saturated rings. The van der Waals surface area contributed by atoms with Gasteiger partial charge in [-0.25, -0.2) is 0 Å². The molecule has 1 N–H and O–H groups in total. The fourth-order valence-corrected chi connectivity index (χ4v) is 3.51. The van der Waals surface area contributed by atoms with Crippen molar-refractivity contribution in [3.05, 3.63) is 34.0 Å². The van der Waals surface area contributed by atoms with Crippen LogP contribution in [0.3, 0.4) is 0 Å². The second-order valence-electron chi connectivity index (χ2n) is 6.18. The Balaban J connectivity index is 2.48. The average Bonchev–Trinajstić information content (AvgIpc) is 2.80. The first-order valence-corrected chi connectivity index (χ1v) is 7.28. The lowest BCUT2D eigenvalue weighted by atomic mass is 9.95. The molecule has 0 radical (unpaired) electrons. The van der Waals surface area contributed by atoms with Crippen molar-refractivity contribution in [3.63, 3.8) is 0 Å². The molecule has 19 heavy (non-hydrogen) atoms. The van der Waals surface area contributed by atoms with Crippen molar-refractivity contribution in [2.24, 2.45) is 0 Å². The zero-order chi connectivity index (χ0) is 13.9. The zero-order valence-electron chi connectivity index (χ0n) is 12.9. The van der Waals surface area contributed by atoms with Crippen molar-refractivity contribution >= 4 is 10.9 Å². The monoisotopic (exact) mass is 256 g/mol. The molecule has 2 heterocycles. The number of hydrogen-bond acceptors (Lipinski definition) is 1. The number of nitrogens with one attached hydrogen (secondary N) is 1. The molecular weight excluding hydrogens is 232 g/mol. The van der Waals surface area contributed by atoms with Gasteiger partial charge in [0.05, 0.1) is 5.52 Å². The maximum atomic E-state index is 3.60. The van der Waals surface area contributed by atoms with Crippen molar-refractivity contribution in [3.8, 4) is 0 Å². The molecule has 0 spiro atoms. The maximum Gasteiger partial charge on any atom is 0.0521 e. The van der Waals surface area contributed by atoms with E-state index >= 15 is 0 Å². The molecule has 1 aliphatic rings. The summed E-state index contributed by atoms with van der Waals surface area (Å²) in [4.78, 5) is 0. The van der Waals surface area contributed by atoms with Crippen LogP contribution in [0.25, 0.3) is 10.9 Å². The van der Waals surface area contributed by atoms with Crippen molar-refractivity contribution in [2.75, 3.05) is 6.54 Å². The lowest BCUT2D eigenvalue weighted by Gasteiger charge is -2.30. The molecule has 1 aliphatic heterocycles. The predicted molar refractivity (Wildman–Crippen MR) is 82.0 cm³/mol. The van der Waals surface area contributed by atoms with Crippen molar-refractivity contribution in [1.29, 1.82) is 0 Å². The van der Waals surface area contributed by atoms with E-state index in [0.29, 0.717) is 12.1 Å². The van der Waals surface area contributed by atoms with Crippen LogP contribution in [0.1, 0.15) is 53.9 Å². The van der Waals surface area contributed by atoms with E-state index in [1.54, 1.807) is 0 Å². The highest BCUT2D eigenvalue weighted by atomic mass is 15.1. The smallest absolute Gasteiger partial charge is 0.0521 e. The fourth-order valence-electron chi connectivity index (χ4n) is 3.51. The van der Waals surface area contributed by atoms with E-state index in [1.165, 1.54) is 38.9 Å². The molecule has 0 bridgehead atoms. The molecular formula is C17H24N2. The van der Waals surface area contributed by atoms with E-state index in [4.69, 9.17) is 0 Å². The van der Waals surface area contributed by atoms with Crippen LogP contribution in [0.2, 0.25) is 0 Å². The summed E-state index contributed by atoms with van der Waals surface area (Å²) < 4.78 is 2.56. The number of fused-ring (bicyclic) bond motifs is 3. The Morgan fingerprint density at radius 1 is 1.00 bits per heavy atom. The third-order valence-corrected chi connectivity index (χ3v) is 5.12. The molecule has 2 atom stereocenters. The van der Waals surface area contributed by atoms with E-state index in [1.807, 2.05) is 0 Å². The van der Waals surface area contributed by atoms with Crippen LogP contribution in [0.4, 0.5) is 0 Å². The topological polar surface area (TPSA) is 17.0 Å². The zero-order valence-corrected chi connectivity index (χ0v) is 12.9. The summed E-state index contributed by atoms with van der Waals surface area (Å²) in [5, 5.41) is 5.04. The number of aromatic nitrogens is 1. The van der Waals surface area contributed by atoms with Gasteiger partial charge in [-0.2, -0.15) is 0 Å². The molecule has 2 aromatic rings. The van der Waals surface area contributed by atoms with Gasteiger partial charge in [0.1, 0.15) is 0 Å². The van der Waals surface area contributed by atoms with Crippen LogP contribution in [-0.2, 0) is 0 Å². The van der Waals surface area contributed by atoms with E-state index in [0.717, 1.165) is 6.54 Å². The minimum absolute atomic E-state index is 0.447. The summed E-state index contributed by atoms with van der Waals surface area (Å²) in [6, 6.07) is 3.38. The average molecular weight is 256 g/mol. The van der Waals surface area contributed by atoms with E-state index in [9.17, 15) is 0 Å². The Bertz CT molecular complexity index is 664. The molecule has 2 nitrogen and oxygen atoms in total. The van der Waals surface area contributed by atoms with Gasteiger partial charge in [-0.05, 0) is 69.9 Å². The Labute approximate surface area is 115 Å². The minimum atomic E-state index is 0.447. The van der Waals surface area contributed by atoms with Gasteiger partial charge in [0.25, 0.3) is 0 Å². The molecule has 0 aliphatic carbocycles. The third kappa shape index (κ3) is 1.59. The number of hydrogen-bond donors (Lipinski definition) is 1. The summed E-state index contributed by atoms with van der Waals surface area (Å²) in [6.45, 7) is 14.7. The van der Waals surface area contributed by atoms with E-state index in [2.05, 4.69) is 57.5 Å². The molecule has 1 aromatic heterocycles. The largest absolute Gasteiger partial charge is 0.339 e. The predicted octanol–water partition coefficient (Wildman–Crippen LogP) is 4.10. The standard InChI is InChI=1S/C17H24N2/c1-9-8-18-14(6)16-7-15-12(4)10(2)11(3)13(5)17(15)19(9)16/h7,9,14,18H,8H2,1-6H3. The number of rotatable bonds is 0. The van der Waals surface area contributed by atoms with Crippen molar-refractivity contribution in [2.45, 2.75) is 53.6 Å². The van der Waals surface area contributed by atoms with Crippen LogP contribution in [0.5, 0.6) is 0 Å². The lowest BCUT2D eigenvalue weighted by molar-refractivity contribution is 0.391. The second-order valence-corrected chi connectivity index (χ2v) is 6.18. The molecule has 0 saturated carbocycles. The van der Waals surface area contributed by atoms with E-state index < -0.39 is 0 Å². The van der Waals surface area contributed by atoms with Crippen LogP contribution in [-0.4, -0.2) is 11.1 Å². The summed E-state index contributed by atoms with van der Waals surface area (Å²) in [5.41, 5.74) is 8.68. The van der Waals surface area contributed by atoms with Crippen LogP contribution < -0.4 is 5.32 Å². The summed E-state index contributed by atoms with van der Waals surface area (Å²) in [5.74, 6) is 0. The van der Waals surface area contributed by atoms with Crippen LogP contribution in [0, 0.1) is 27.7 Å². The molecule has 102 valence electrons. The molecule has 1 aromatic carbocycles. The summed E-state index contributed by atoms with van der Waals surface area (Å²) in [6.07, 6.45) is 0. The Morgan fingerprint density at radius 3 is 2.32 bits per heavy atom. The molecule has 0 saturated heterocycles. The second kappa shape index (κ2) is 4.11. The van der Waals surface area contributed by atoms with Gasteiger partial charge in [0, 0.05) is 29.7 Å². The van der Waals surface area contributed by atoms with Gasteiger partial charge in [0.15, 0.2) is 0 Å². The first-order chi connectivity index (χ1) is 8.93. The first kappa shape index (κ1) is 12.7.